The van der Waals surface area contributed by atoms with E-state index in [4.69, 9.17) is 5.11 Å². The molecule has 19 heavy (non-hydrogen) atoms. The first-order valence-electron chi connectivity index (χ1n) is 5.91. The lowest BCUT2D eigenvalue weighted by atomic mass is 10.2. The number of aliphatic hydroxyl groups is 1. The molecule has 1 atom stereocenters. The summed E-state index contributed by atoms with van der Waals surface area (Å²) >= 11 is 0. The van der Waals surface area contributed by atoms with Crippen LogP contribution in [0.5, 0.6) is 0 Å². The molecule has 1 aromatic carbocycles. The van der Waals surface area contributed by atoms with E-state index in [1.165, 1.54) is 11.4 Å². The molecule has 0 saturated carbocycles. The van der Waals surface area contributed by atoms with E-state index in [0.29, 0.717) is 10.9 Å². The van der Waals surface area contributed by atoms with Crippen molar-refractivity contribution in [3.05, 3.63) is 36.5 Å². The average Bonchev–Trinajstić information content (AvgIpc) is 2.44. The minimum Gasteiger partial charge on any atom is -0.395 e. The first-order chi connectivity index (χ1) is 8.98. The van der Waals surface area contributed by atoms with E-state index >= 15 is 0 Å². The molecule has 0 saturated heterocycles. The summed E-state index contributed by atoms with van der Waals surface area (Å²) in [5, 5.41) is 9.70. The fourth-order valence-electron chi connectivity index (χ4n) is 1.81. The third kappa shape index (κ3) is 2.47. The third-order valence-corrected chi connectivity index (χ3v) is 5.18. The molecule has 0 aliphatic carbocycles. The summed E-state index contributed by atoms with van der Waals surface area (Å²) in [6.45, 7) is 1.43. The van der Waals surface area contributed by atoms with Crippen LogP contribution >= 0.6 is 0 Å². The van der Waals surface area contributed by atoms with Crippen molar-refractivity contribution < 1.29 is 13.5 Å². The fourth-order valence-corrected chi connectivity index (χ4v) is 3.36. The van der Waals surface area contributed by atoms with Gasteiger partial charge in [-0.3, -0.25) is 4.98 Å². The van der Waals surface area contributed by atoms with Crippen molar-refractivity contribution in [1.29, 1.82) is 0 Å². The molecule has 0 spiro atoms. The summed E-state index contributed by atoms with van der Waals surface area (Å²) in [7, 11) is -2.18. The molecule has 102 valence electrons. The summed E-state index contributed by atoms with van der Waals surface area (Å²) in [5.41, 5.74) is 0.633. The minimum atomic E-state index is -3.64. The highest BCUT2D eigenvalue weighted by Gasteiger charge is 2.26. The number of hydrogen-bond donors (Lipinski definition) is 1. The molecule has 1 aromatic heterocycles. The Kier molecular flexibility index (Phi) is 3.84. The second-order valence-corrected chi connectivity index (χ2v) is 6.35. The van der Waals surface area contributed by atoms with Gasteiger partial charge in [0.25, 0.3) is 0 Å². The quantitative estimate of drug-likeness (QED) is 0.914. The van der Waals surface area contributed by atoms with E-state index in [9.17, 15) is 8.42 Å². The van der Waals surface area contributed by atoms with Gasteiger partial charge in [0.2, 0.25) is 10.0 Å². The normalized spacial score (nSPS) is 13.9. The molecule has 6 heteroatoms. The van der Waals surface area contributed by atoms with Crippen LogP contribution in [0.1, 0.15) is 6.92 Å². The van der Waals surface area contributed by atoms with E-state index in [2.05, 4.69) is 4.98 Å². The maximum absolute atomic E-state index is 12.5. The molecule has 0 aliphatic rings. The van der Waals surface area contributed by atoms with Crippen molar-refractivity contribution >= 4 is 20.9 Å². The van der Waals surface area contributed by atoms with E-state index in [1.54, 1.807) is 43.5 Å². The fraction of sp³-hybridized carbons (Fsp3) is 0.308. The lowest BCUT2D eigenvalue weighted by molar-refractivity contribution is 0.214. The van der Waals surface area contributed by atoms with Crippen LogP contribution < -0.4 is 0 Å². The molecule has 2 rings (SSSR count). The number of fused-ring (bicyclic) bond motifs is 1. The molecule has 1 N–H and O–H groups in total. The number of nitrogens with zero attached hydrogens (tertiary/aromatic N) is 2. The highest BCUT2D eigenvalue weighted by atomic mass is 32.2. The van der Waals surface area contributed by atoms with E-state index in [0.717, 1.165) is 0 Å². The Labute approximate surface area is 112 Å². The van der Waals surface area contributed by atoms with Crippen molar-refractivity contribution in [2.75, 3.05) is 13.7 Å². The predicted octanol–water partition coefficient (Wildman–Crippen LogP) is 1.24. The maximum Gasteiger partial charge on any atom is 0.243 e. The number of benzene rings is 1. The van der Waals surface area contributed by atoms with Crippen LogP contribution in [0.3, 0.4) is 0 Å². The van der Waals surface area contributed by atoms with Gasteiger partial charge in [-0.1, -0.05) is 6.07 Å². The molecule has 1 unspecified atom stereocenters. The monoisotopic (exact) mass is 280 g/mol. The smallest absolute Gasteiger partial charge is 0.243 e. The molecule has 0 radical (unpaired) electrons. The van der Waals surface area contributed by atoms with Crippen LogP contribution in [0, 0.1) is 0 Å². The molecule has 0 amide bonds. The van der Waals surface area contributed by atoms with Crippen molar-refractivity contribution in [1.82, 2.24) is 9.29 Å². The Morgan fingerprint density at radius 1 is 1.32 bits per heavy atom. The molecular formula is C13H16N2O3S. The predicted molar refractivity (Wildman–Crippen MR) is 73.2 cm³/mol. The Morgan fingerprint density at radius 2 is 2.05 bits per heavy atom. The highest BCUT2D eigenvalue weighted by Crippen LogP contribution is 2.24. The Morgan fingerprint density at radius 3 is 2.74 bits per heavy atom. The Bertz CT molecular complexity index is 680. The van der Waals surface area contributed by atoms with Gasteiger partial charge in [0.05, 0.1) is 17.0 Å². The second-order valence-electron chi connectivity index (χ2n) is 4.38. The van der Waals surface area contributed by atoms with Crippen LogP contribution in [0.25, 0.3) is 10.9 Å². The zero-order valence-electron chi connectivity index (χ0n) is 10.8. The van der Waals surface area contributed by atoms with Gasteiger partial charge in [0.1, 0.15) is 0 Å². The van der Waals surface area contributed by atoms with Gasteiger partial charge >= 0.3 is 0 Å². The number of pyridine rings is 1. The number of sulfonamides is 1. The van der Waals surface area contributed by atoms with Crippen LogP contribution in [0.15, 0.2) is 41.4 Å². The zero-order valence-corrected chi connectivity index (χ0v) is 11.6. The molecule has 1 heterocycles. The van der Waals surface area contributed by atoms with E-state index in [1.807, 2.05) is 0 Å². The van der Waals surface area contributed by atoms with Crippen molar-refractivity contribution in [2.45, 2.75) is 17.9 Å². The van der Waals surface area contributed by atoms with Gasteiger partial charge in [-0.2, -0.15) is 4.31 Å². The molecular weight excluding hydrogens is 264 g/mol. The topological polar surface area (TPSA) is 70.5 Å². The van der Waals surface area contributed by atoms with Gasteiger partial charge in [-0.05, 0) is 31.2 Å². The summed E-state index contributed by atoms with van der Waals surface area (Å²) in [6.07, 6.45) is 1.62. The summed E-state index contributed by atoms with van der Waals surface area (Å²) < 4.78 is 26.2. The van der Waals surface area contributed by atoms with Crippen LogP contribution in [-0.2, 0) is 10.0 Å². The van der Waals surface area contributed by atoms with Crippen molar-refractivity contribution in [3.63, 3.8) is 0 Å². The van der Waals surface area contributed by atoms with Crippen LogP contribution in [0.4, 0.5) is 0 Å². The van der Waals surface area contributed by atoms with Crippen LogP contribution in [0.2, 0.25) is 0 Å². The SMILES string of the molecule is CC(CO)N(C)S(=O)(=O)c1cccc2ncccc12. The van der Waals surface area contributed by atoms with E-state index in [-0.39, 0.29) is 11.5 Å². The lowest BCUT2D eigenvalue weighted by Crippen LogP contribution is -2.37. The lowest BCUT2D eigenvalue weighted by Gasteiger charge is -2.23. The number of aliphatic hydroxyl groups excluding tert-OH is 1. The van der Waals surface area contributed by atoms with E-state index < -0.39 is 16.1 Å². The molecule has 0 bridgehead atoms. The summed E-state index contributed by atoms with van der Waals surface area (Å²) in [6, 6.07) is 7.95. The largest absolute Gasteiger partial charge is 0.395 e. The zero-order chi connectivity index (χ0) is 14.0. The minimum absolute atomic E-state index is 0.209. The third-order valence-electron chi connectivity index (χ3n) is 3.15. The Balaban J connectivity index is 2.61. The van der Waals surface area contributed by atoms with Gasteiger partial charge < -0.3 is 5.11 Å². The van der Waals surface area contributed by atoms with Gasteiger partial charge in [-0.25, -0.2) is 8.42 Å². The highest BCUT2D eigenvalue weighted by molar-refractivity contribution is 7.89. The Hall–Kier alpha value is -1.50. The second kappa shape index (κ2) is 5.24. The van der Waals surface area contributed by atoms with Gasteiger partial charge in [-0.15, -0.1) is 0 Å². The van der Waals surface area contributed by atoms with Gasteiger partial charge in [0, 0.05) is 24.7 Å². The average molecular weight is 280 g/mol. The molecule has 0 aliphatic heterocycles. The molecule has 2 aromatic rings. The number of aromatic nitrogens is 1. The first kappa shape index (κ1) is 13.9. The standard InChI is InChI=1S/C13H16N2O3S/c1-10(9-16)15(2)19(17,18)13-7-3-6-12-11(13)5-4-8-14-12/h3-8,10,16H,9H2,1-2H3. The number of hydrogen-bond acceptors (Lipinski definition) is 4. The van der Waals surface area contributed by atoms with Crippen molar-refractivity contribution in [2.24, 2.45) is 0 Å². The number of rotatable bonds is 4. The maximum atomic E-state index is 12.5. The number of likely N-dealkylation sites (N-methyl/N-ethyl adjacent to an activating group) is 1. The first-order valence-corrected chi connectivity index (χ1v) is 7.35. The molecule has 0 fully saturated rings. The van der Waals surface area contributed by atoms with Crippen molar-refractivity contribution in [3.8, 4) is 0 Å². The van der Waals surface area contributed by atoms with Gasteiger partial charge in [0.15, 0.2) is 0 Å². The summed E-state index contributed by atoms with van der Waals surface area (Å²) in [5.74, 6) is 0. The molecule has 5 nitrogen and oxygen atoms in total. The van der Waals surface area contributed by atoms with Crippen LogP contribution in [-0.4, -0.2) is 42.5 Å². The summed E-state index contributed by atoms with van der Waals surface area (Å²) in [4.78, 5) is 4.36.